The molecular weight excluding hydrogens is 193 g/mol. The van der Waals surface area contributed by atoms with Crippen molar-refractivity contribution in [2.75, 3.05) is 21.1 Å². The molecule has 0 spiro atoms. The van der Waals surface area contributed by atoms with Crippen molar-refractivity contribution in [2.24, 2.45) is 0 Å². The molecule has 0 aliphatic rings. The van der Waals surface area contributed by atoms with Crippen molar-refractivity contribution in [3.05, 3.63) is 0 Å². The SMILES string of the molecule is CCCC(OP(=O)([O-])O)[N+](C)(C)C. The average molecular weight is 211 g/mol. The van der Waals surface area contributed by atoms with Gasteiger partial charge in [-0.2, -0.15) is 0 Å². The van der Waals surface area contributed by atoms with Crippen molar-refractivity contribution in [1.82, 2.24) is 0 Å². The molecule has 5 nitrogen and oxygen atoms in total. The molecule has 0 bridgehead atoms. The zero-order valence-corrected chi connectivity index (χ0v) is 9.45. The Kier molecular flexibility index (Phi) is 4.55. The Hall–Kier alpha value is 0.0700. The van der Waals surface area contributed by atoms with Gasteiger partial charge >= 0.3 is 0 Å². The van der Waals surface area contributed by atoms with Crippen LogP contribution < -0.4 is 4.89 Å². The second-order valence-corrected chi connectivity index (χ2v) is 5.08. The predicted molar refractivity (Wildman–Crippen MR) is 47.6 cm³/mol. The molecule has 0 aromatic rings. The Morgan fingerprint density at radius 1 is 1.54 bits per heavy atom. The smallest absolute Gasteiger partial charge is 0.269 e. The van der Waals surface area contributed by atoms with Crippen LogP contribution in [0.1, 0.15) is 19.8 Å². The Morgan fingerprint density at radius 3 is 2.23 bits per heavy atom. The average Bonchev–Trinajstić information content (AvgIpc) is 1.81. The summed E-state index contributed by atoms with van der Waals surface area (Å²) in [5, 5.41) is 0. The first-order valence-corrected chi connectivity index (χ1v) is 5.69. The summed E-state index contributed by atoms with van der Waals surface area (Å²) in [6, 6.07) is 0. The normalized spacial score (nSPS) is 19.5. The Labute approximate surface area is 79.2 Å². The van der Waals surface area contributed by atoms with E-state index in [0.29, 0.717) is 10.9 Å². The largest absolute Gasteiger partial charge is 0.756 e. The molecule has 0 radical (unpaired) electrons. The molecule has 0 fully saturated rings. The van der Waals surface area contributed by atoms with E-state index in [0.717, 1.165) is 6.42 Å². The standard InChI is InChI=1S/C7H18NO4P/c1-5-6-7(8(2,3)4)12-13(9,10)11/h7H,5-6H2,1-4H3,(H-,9,10,11). The van der Waals surface area contributed by atoms with Crippen LogP contribution in [0.3, 0.4) is 0 Å². The summed E-state index contributed by atoms with van der Waals surface area (Å²) < 4.78 is 15.4. The maximum Gasteiger partial charge on any atom is 0.269 e. The number of phosphoric acid groups is 1. The van der Waals surface area contributed by atoms with E-state index in [4.69, 9.17) is 4.89 Å². The molecule has 0 aliphatic heterocycles. The van der Waals surface area contributed by atoms with Gasteiger partial charge in [0, 0.05) is 6.42 Å². The van der Waals surface area contributed by atoms with Crippen LogP contribution in [0.2, 0.25) is 0 Å². The fraction of sp³-hybridized carbons (Fsp3) is 1.00. The predicted octanol–water partition coefficient (Wildman–Crippen LogP) is 0.296. The number of phosphoric ester groups is 1. The second-order valence-electron chi connectivity index (χ2n) is 3.93. The van der Waals surface area contributed by atoms with Crippen LogP contribution >= 0.6 is 7.82 Å². The maximum atomic E-state index is 10.5. The van der Waals surface area contributed by atoms with Crippen LogP contribution in [0.25, 0.3) is 0 Å². The third-order valence-corrected chi connectivity index (χ3v) is 2.16. The lowest BCUT2D eigenvalue weighted by molar-refractivity contribution is -0.916. The van der Waals surface area contributed by atoms with E-state index < -0.39 is 14.1 Å². The van der Waals surface area contributed by atoms with Crippen molar-refractivity contribution in [3.63, 3.8) is 0 Å². The van der Waals surface area contributed by atoms with E-state index in [-0.39, 0.29) is 0 Å². The maximum absolute atomic E-state index is 10.5. The summed E-state index contributed by atoms with van der Waals surface area (Å²) in [6.07, 6.45) is 0.884. The molecule has 0 aliphatic carbocycles. The number of hydrogen-bond acceptors (Lipinski definition) is 3. The molecule has 0 heterocycles. The summed E-state index contributed by atoms with van der Waals surface area (Å²) in [6.45, 7) is 1.93. The van der Waals surface area contributed by atoms with E-state index in [1.807, 2.05) is 28.1 Å². The molecule has 6 heteroatoms. The minimum Gasteiger partial charge on any atom is -0.756 e. The van der Waals surface area contributed by atoms with Crippen LogP contribution in [0, 0.1) is 0 Å². The molecule has 0 saturated heterocycles. The Bertz CT molecular complexity index is 195. The summed E-state index contributed by atoms with van der Waals surface area (Å²) in [5.74, 6) is 0. The third kappa shape index (κ3) is 6.18. The Balaban J connectivity index is 4.36. The van der Waals surface area contributed by atoms with Crippen molar-refractivity contribution < 1.29 is 23.4 Å². The third-order valence-electron chi connectivity index (χ3n) is 1.65. The fourth-order valence-corrected chi connectivity index (χ4v) is 1.68. The molecule has 2 unspecified atom stereocenters. The fourth-order valence-electron chi connectivity index (χ4n) is 0.982. The highest BCUT2D eigenvalue weighted by atomic mass is 31.2. The van der Waals surface area contributed by atoms with Gasteiger partial charge in [-0.05, 0) is 6.42 Å². The molecule has 0 rings (SSSR count). The first-order valence-electron chi connectivity index (χ1n) is 4.20. The van der Waals surface area contributed by atoms with Gasteiger partial charge in [-0.15, -0.1) is 0 Å². The van der Waals surface area contributed by atoms with Crippen molar-refractivity contribution in [3.8, 4) is 0 Å². The van der Waals surface area contributed by atoms with Gasteiger partial charge in [-0.1, -0.05) is 6.92 Å². The van der Waals surface area contributed by atoms with Crippen LogP contribution in [0.4, 0.5) is 0 Å². The molecule has 80 valence electrons. The zero-order valence-electron chi connectivity index (χ0n) is 8.56. The zero-order chi connectivity index (χ0) is 10.7. The second kappa shape index (κ2) is 4.53. The minimum atomic E-state index is -4.61. The molecule has 1 N–H and O–H groups in total. The highest BCUT2D eigenvalue weighted by Crippen LogP contribution is 2.35. The number of hydrogen-bond donors (Lipinski definition) is 1. The quantitative estimate of drug-likeness (QED) is 0.403. The summed E-state index contributed by atoms with van der Waals surface area (Å²) >= 11 is 0. The van der Waals surface area contributed by atoms with E-state index >= 15 is 0 Å². The summed E-state index contributed by atoms with van der Waals surface area (Å²) in [5.41, 5.74) is 0. The van der Waals surface area contributed by atoms with Gasteiger partial charge in [0.1, 0.15) is 0 Å². The number of quaternary nitrogens is 1. The Morgan fingerprint density at radius 2 is 2.00 bits per heavy atom. The number of rotatable bonds is 5. The molecule has 0 saturated carbocycles. The lowest BCUT2D eigenvalue weighted by Crippen LogP contribution is -2.46. The first kappa shape index (κ1) is 13.1. The van der Waals surface area contributed by atoms with Gasteiger partial charge in [0.25, 0.3) is 7.82 Å². The lowest BCUT2D eigenvalue weighted by Gasteiger charge is -2.35. The van der Waals surface area contributed by atoms with Gasteiger partial charge < -0.3 is 14.3 Å². The molecule has 0 aromatic heterocycles. The van der Waals surface area contributed by atoms with Gasteiger partial charge in [0.2, 0.25) is 0 Å². The van der Waals surface area contributed by atoms with Gasteiger partial charge in [-0.3, -0.25) is 9.09 Å². The van der Waals surface area contributed by atoms with Gasteiger partial charge in [-0.25, -0.2) is 0 Å². The van der Waals surface area contributed by atoms with E-state index in [9.17, 15) is 9.46 Å². The molecule has 0 amide bonds. The van der Waals surface area contributed by atoms with E-state index in [2.05, 4.69) is 4.52 Å². The lowest BCUT2D eigenvalue weighted by atomic mass is 10.3. The van der Waals surface area contributed by atoms with Crippen LogP contribution in [-0.2, 0) is 9.09 Å². The van der Waals surface area contributed by atoms with Crippen LogP contribution in [0.5, 0.6) is 0 Å². The van der Waals surface area contributed by atoms with Crippen molar-refractivity contribution in [1.29, 1.82) is 0 Å². The highest BCUT2D eigenvalue weighted by Gasteiger charge is 2.26. The molecule has 0 aromatic carbocycles. The van der Waals surface area contributed by atoms with Crippen LogP contribution in [0.15, 0.2) is 0 Å². The molecule has 13 heavy (non-hydrogen) atoms. The monoisotopic (exact) mass is 211 g/mol. The topological polar surface area (TPSA) is 69.6 Å². The first-order chi connectivity index (χ1) is 5.67. The van der Waals surface area contributed by atoms with E-state index in [1.54, 1.807) is 0 Å². The van der Waals surface area contributed by atoms with Crippen molar-refractivity contribution in [2.45, 2.75) is 26.0 Å². The number of nitrogens with zero attached hydrogens (tertiary/aromatic N) is 1. The molecular formula is C7H18NO4P. The van der Waals surface area contributed by atoms with Gasteiger partial charge in [0.15, 0.2) is 6.23 Å². The summed E-state index contributed by atoms with van der Waals surface area (Å²) in [7, 11) is 0.833. The van der Waals surface area contributed by atoms with Gasteiger partial charge in [0.05, 0.1) is 21.1 Å². The van der Waals surface area contributed by atoms with Crippen LogP contribution in [-0.4, -0.2) is 36.7 Å². The van der Waals surface area contributed by atoms with E-state index in [1.165, 1.54) is 0 Å². The minimum absolute atomic E-state index is 0.348. The van der Waals surface area contributed by atoms with Crippen molar-refractivity contribution >= 4 is 7.82 Å². The summed E-state index contributed by atoms with van der Waals surface area (Å²) in [4.78, 5) is 19.1. The highest BCUT2D eigenvalue weighted by molar-refractivity contribution is 7.44. The molecule has 2 atom stereocenters.